The van der Waals surface area contributed by atoms with E-state index in [4.69, 9.17) is 0 Å². The van der Waals surface area contributed by atoms with Crippen LogP contribution in [0, 0.1) is 17.7 Å². The highest BCUT2D eigenvalue weighted by Gasteiger charge is 2.48. The van der Waals surface area contributed by atoms with Crippen molar-refractivity contribution in [2.45, 2.75) is 25.7 Å². The highest BCUT2D eigenvalue weighted by molar-refractivity contribution is 6.22. The van der Waals surface area contributed by atoms with Crippen LogP contribution in [-0.4, -0.2) is 11.8 Å². The van der Waals surface area contributed by atoms with Gasteiger partial charge in [0.25, 0.3) is 0 Å². The van der Waals surface area contributed by atoms with Gasteiger partial charge in [-0.1, -0.05) is 12.8 Å². The largest absolute Gasteiger partial charge is 0.274 e. The fraction of sp³-hybridized carbons (Fsp3) is 0.429. The van der Waals surface area contributed by atoms with Gasteiger partial charge in [-0.25, -0.2) is 4.39 Å². The van der Waals surface area contributed by atoms with Crippen LogP contribution in [0.2, 0.25) is 0 Å². The first-order valence-electron chi connectivity index (χ1n) is 6.32. The van der Waals surface area contributed by atoms with Crippen LogP contribution in [0.25, 0.3) is 0 Å². The molecule has 1 saturated heterocycles. The van der Waals surface area contributed by atoms with Crippen molar-refractivity contribution in [3.63, 3.8) is 0 Å². The maximum absolute atomic E-state index is 12.9. The molecule has 18 heavy (non-hydrogen) atoms. The van der Waals surface area contributed by atoms with Gasteiger partial charge in [-0.05, 0) is 37.1 Å². The zero-order chi connectivity index (χ0) is 12.7. The van der Waals surface area contributed by atoms with Gasteiger partial charge in [0.2, 0.25) is 11.8 Å². The summed E-state index contributed by atoms with van der Waals surface area (Å²) in [5, 5.41) is 0. The molecule has 1 aromatic rings. The SMILES string of the molecule is O=C1[C@H]2CCCC[C@@H]2C(=O)N1c1ccc(F)cc1. The molecule has 0 radical (unpaired) electrons. The molecule has 0 bridgehead atoms. The Labute approximate surface area is 105 Å². The number of nitrogens with zero attached hydrogens (tertiary/aromatic N) is 1. The standard InChI is InChI=1S/C14H14FNO2/c15-9-5-7-10(8-6-9)16-13(17)11-3-1-2-4-12(11)14(16)18/h5-8,11-12H,1-4H2/t11-,12-/m0/s1. The van der Waals surface area contributed by atoms with Crippen molar-refractivity contribution in [2.75, 3.05) is 4.90 Å². The summed E-state index contributed by atoms with van der Waals surface area (Å²) in [6.07, 6.45) is 3.62. The van der Waals surface area contributed by atoms with Gasteiger partial charge in [0, 0.05) is 0 Å². The third-order valence-electron chi connectivity index (χ3n) is 3.93. The molecule has 2 amide bonds. The van der Waals surface area contributed by atoms with E-state index in [1.807, 2.05) is 0 Å². The van der Waals surface area contributed by atoms with Gasteiger partial charge in [0.15, 0.2) is 0 Å². The van der Waals surface area contributed by atoms with Crippen molar-refractivity contribution in [3.05, 3.63) is 30.1 Å². The fourth-order valence-electron chi connectivity index (χ4n) is 3.01. The minimum absolute atomic E-state index is 0.115. The molecular weight excluding hydrogens is 233 g/mol. The first-order valence-corrected chi connectivity index (χ1v) is 6.32. The van der Waals surface area contributed by atoms with E-state index in [9.17, 15) is 14.0 Å². The van der Waals surface area contributed by atoms with Crippen molar-refractivity contribution in [2.24, 2.45) is 11.8 Å². The summed E-state index contributed by atoms with van der Waals surface area (Å²) in [5.41, 5.74) is 0.487. The van der Waals surface area contributed by atoms with Crippen LogP contribution in [0.5, 0.6) is 0 Å². The third-order valence-corrected chi connectivity index (χ3v) is 3.93. The van der Waals surface area contributed by atoms with Gasteiger partial charge >= 0.3 is 0 Å². The average Bonchev–Trinajstić information content (AvgIpc) is 2.64. The predicted molar refractivity (Wildman–Crippen MR) is 64.3 cm³/mol. The molecule has 1 aliphatic carbocycles. The van der Waals surface area contributed by atoms with Crippen LogP contribution < -0.4 is 4.90 Å². The van der Waals surface area contributed by atoms with Crippen LogP contribution in [0.3, 0.4) is 0 Å². The van der Waals surface area contributed by atoms with E-state index in [1.165, 1.54) is 29.2 Å². The lowest BCUT2D eigenvalue weighted by atomic mass is 9.81. The molecule has 4 heteroatoms. The Kier molecular flexibility index (Phi) is 2.65. The Hall–Kier alpha value is -1.71. The first kappa shape index (κ1) is 11.4. The van der Waals surface area contributed by atoms with Crippen LogP contribution >= 0.6 is 0 Å². The quantitative estimate of drug-likeness (QED) is 0.715. The highest BCUT2D eigenvalue weighted by atomic mass is 19.1. The molecule has 0 N–H and O–H groups in total. The molecule has 3 rings (SSSR count). The van der Waals surface area contributed by atoms with E-state index in [2.05, 4.69) is 0 Å². The molecule has 0 spiro atoms. The number of imide groups is 1. The van der Waals surface area contributed by atoms with Gasteiger partial charge < -0.3 is 0 Å². The first-order chi connectivity index (χ1) is 8.68. The molecule has 1 heterocycles. The number of fused-ring (bicyclic) bond motifs is 1. The van der Waals surface area contributed by atoms with E-state index >= 15 is 0 Å². The Balaban J connectivity index is 1.95. The maximum atomic E-state index is 12.9. The Morgan fingerprint density at radius 2 is 1.44 bits per heavy atom. The van der Waals surface area contributed by atoms with Crippen molar-refractivity contribution >= 4 is 17.5 Å². The number of amides is 2. The van der Waals surface area contributed by atoms with Crippen molar-refractivity contribution in [3.8, 4) is 0 Å². The fourth-order valence-corrected chi connectivity index (χ4v) is 3.01. The second-order valence-electron chi connectivity index (χ2n) is 4.99. The molecule has 2 atom stereocenters. The van der Waals surface area contributed by atoms with Gasteiger partial charge in [0.1, 0.15) is 5.82 Å². The molecule has 0 unspecified atom stereocenters. The van der Waals surface area contributed by atoms with Gasteiger partial charge in [-0.3, -0.25) is 14.5 Å². The zero-order valence-corrected chi connectivity index (χ0v) is 9.93. The Bertz CT molecular complexity index is 473. The van der Waals surface area contributed by atoms with Crippen LogP contribution in [0.1, 0.15) is 25.7 Å². The van der Waals surface area contributed by atoms with Gasteiger partial charge in [-0.2, -0.15) is 0 Å². The predicted octanol–water partition coefficient (Wildman–Crippen LogP) is 2.51. The molecule has 1 saturated carbocycles. The summed E-state index contributed by atoms with van der Waals surface area (Å²) in [4.78, 5) is 25.7. The van der Waals surface area contributed by atoms with E-state index in [1.54, 1.807) is 0 Å². The van der Waals surface area contributed by atoms with Crippen LogP contribution in [-0.2, 0) is 9.59 Å². The van der Waals surface area contributed by atoms with Gasteiger partial charge in [0.05, 0.1) is 17.5 Å². The normalized spacial score (nSPS) is 27.5. The summed E-state index contributed by atoms with van der Waals surface area (Å²) < 4.78 is 12.9. The number of rotatable bonds is 1. The summed E-state index contributed by atoms with van der Waals surface area (Å²) >= 11 is 0. The Morgan fingerprint density at radius 1 is 0.944 bits per heavy atom. The second kappa shape index (κ2) is 4.19. The van der Waals surface area contributed by atoms with E-state index in [0.29, 0.717) is 5.69 Å². The summed E-state index contributed by atoms with van der Waals surface area (Å²) in [6, 6.07) is 5.53. The van der Waals surface area contributed by atoms with E-state index in [-0.39, 0.29) is 29.5 Å². The lowest BCUT2D eigenvalue weighted by molar-refractivity contribution is -0.122. The van der Waals surface area contributed by atoms with Crippen molar-refractivity contribution in [1.29, 1.82) is 0 Å². The summed E-state index contributed by atoms with van der Waals surface area (Å²) in [5.74, 6) is -0.907. The monoisotopic (exact) mass is 247 g/mol. The number of anilines is 1. The second-order valence-corrected chi connectivity index (χ2v) is 4.99. The van der Waals surface area contributed by atoms with Crippen molar-refractivity contribution in [1.82, 2.24) is 0 Å². The minimum Gasteiger partial charge on any atom is -0.274 e. The number of carbonyl (C=O) groups is 2. The number of benzene rings is 1. The number of hydrogen-bond acceptors (Lipinski definition) is 2. The highest BCUT2D eigenvalue weighted by Crippen LogP contribution is 2.39. The third kappa shape index (κ3) is 1.64. The zero-order valence-electron chi connectivity index (χ0n) is 9.93. The maximum Gasteiger partial charge on any atom is 0.237 e. The minimum atomic E-state index is -0.365. The molecule has 1 aromatic carbocycles. The summed E-state index contributed by atoms with van der Waals surface area (Å²) in [7, 11) is 0. The molecule has 1 aliphatic heterocycles. The molecule has 2 aliphatic rings. The Morgan fingerprint density at radius 3 is 1.94 bits per heavy atom. The lowest BCUT2D eigenvalue weighted by Gasteiger charge is -2.19. The van der Waals surface area contributed by atoms with Gasteiger partial charge in [-0.15, -0.1) is 0 Å². The topological polar surface area (TPSA) is 37.4 Å². The molecule has 94 valence electrons. The smallest absolute Gasteiger partial charge is 0.237 e. The number of hydrogen-bond donors (Lipinski definition) is 0. The number of halogens is 1. The van der Waals surface area contributed by atoms with E-state index < -0.39 is 0 Å². The summed E-state index contributed by atoms with van der Waals surface area (Å²) in [6.45, 7) is 0. The van der Waals surface area contributed by atoms with Crippen LogP contribution in [0.4, 0.5) is 10.1 Å². The molecular formula is C14H14FNO2. The lowest BCUT2D eigenvalue weighted by Crippen LogP contribution is -2.30. The molecule has 2 fully saturated rings. The van der Waals surface area contributed by atoms with Crippen LogP contribution in [0.15, 0.2) is 24.3 Å². The average molecular weight is 247 g/mol. The number of carbonyl (C=O) groups excluding carboxylic acids is 2. The van der Waals surface area contributed by atoms with Crippen molar-refractivity contribution < 1.29 is 14.0 Å². The molecule has 3 nitrogen and oxygen atoms in total. The van der Waals surface area contributed by atoms with E-state index in [0.717, 1.165) is 25.7 Å². The molecule has 0 aromatic heterocycles.